The van der Waals surface area contributed by atoms with Crippen molar-refractivity contribution in [2.24, 2.45) is 5.92 Å². The van der Waals surface area contributed by atoms with E-state index in [1.54, 1.807) is 7.11 Å². The van der Waals surface area contributed by atoms with Crippen molar-refractivity contribution in [1.29, 1.82) is 0 Å². The van der Waals surface area contributed by atoms with Crippen LogP contribution in [0.2, 0.25) is 0 Å². The molecule has 1 heterocycles. The van der Waals surface area contributed by atoms with Gasteiger partial charge in [0.15, 0.2) is 0 Å². The molecule has 1 aliphatic heterocycles. The molecule has 0 aliphatic carbocycles. The summed E-state index contributed by atoms with van der Waals surface area (Å²) >= 11 is 0. The Hall–Kier alpha value is -1.59. The average molecular weight is 320 g/mol. The van der Waals surface area contributed by atoms with Crippen molar-refractivity contribution in [3.63, 3.8) is 0 Å². The van der Waals surface area contributed by atoms with Gasteiger partial charge in [-0.2, -0.15) is 0 Å². The summed E-state index contributed by atoms with van der Waals surface area (Å²) in [6.45, 7) is 6.62. The number of carbonyl (C=O) groups is 1. The van der Waals surface area contributed by atoms with Crippen molar-refractivity contribution in [2.45, 2.75) is 39.3 Å². The Morgan fingerprint density at radius 3 is 2.96 bits per heavy atom. The Balaban J connectivity index is 1.92. The number of benzene rings is 1. The van der Waals surface area contributed by atoms with Gasteiger partial charge in [0.2, 0.25) is 5.91 Å². The van der Waals surface area contributed by atoms with Crippen LogP contribution in [0.3, 0.4) is 0 Å². The maximum atomic E-state index is 12.4. The minimum Gasteiger partial charge on any atom is -0.491 e. The molecule has 5 nitrogen and oxygen atoms in total. The van der Waals surface area contributed by atoms with Gasteiger partial charge in [0.05, 0.1) is 6.61 Å². The first-order valence-corrected chi connectivity index (χ1v) is 8.32. The highest BCUT2D eigenvalue weighted by Gasteiger charge is 2.24. The number of piperidine rings is 1. The first-order chi connectivity index (χ1) is 11.1. The van der Waals surface area contributed by atoms with E-state index in [-0.39, 0.29) is 11.8 Å². The molecule has 2 rings (SSSR count). The quantitative estimate of drug-likeness (QED) is 0.755. The Morgan fingerprint density at radius 2 is 2.22 bits per heavy atom. The number of aryl methyl sites for hydroxylation is 1. The van der Waals surface area contributed by atoms with E-state index in [1.165, 1.54) is 0 Å². The number of hydrogen-bond donors (Lipinski definition) is 2. The standard InChI is InChI=1S/C18H28N2O3/c1-13-4-5-16(17(10-13)23-9-8-22-3)12-20-18(21)15-6-7-19-14(2)11-15/h4-5,10,14-15,19H,6-9,11-12H2,1-3H3,(H,20,21)/t14-,15-/m0/s1. The summed E-state index contributed by atoms with van der Waals surface area (Å²) in [5.74, 6) is 1.07. The number of ether oxygens (including phenoxy) is 2. The Kier molecular flexibility index (Phi) is 6.86. The lowest BCUT2D eigenvalue weighted by molar-refractivity contribution is -0.126. The molecule has 0 saturated carbocycles. The topological polar surface area (TPSA) is 59.6 Å². The lowest BCUT2D eigenvalue weighted by atomic mass is 9.92. The van der Waals surface area contributed by atoms with Crippen LogP contribution in [0.5, 0.6) is 5.75 Å². The third kappa shape index (κ3) is 5.52. The van der Waals surface area contributed by atoms with Crippen LogP contribution in [0.4, 0.5) is 0 Å². The molecule has 1 aliphatic rings. The number of rotatable bonds is 7. The van der Waals surface area contributed by atoms with Crippen molar-refractivity contribution in [3.8, 4) is 5.75 Å². The minimum absolute atomic E-state index is 0.106. The predicted molar refractivity (Wildman–Crippen MR) is 90.6 cm³/mol. The SMILES string of the molecule is COCCOc1cc(C)ccc1CNC(=O)[C@H]1CCN[C@@H](C)C1. The minimum atomic E-state index is 0.106. The largest absolute Gasteiger partial charge is 0.491 e. The van der Waals surface area contributed by atoms with E-state index in [1.807, 2.05) is 25.1 Å². The second-order valence-electron chi connectivity index (χ2n) is 6.25. The second-order valence-corrected chi connectivity index (χ2v) is 6.25. The molecule has 5 heteroatoms. The summed E-state index contributed by atoms with van der Waals surface area (Å²) in [5, 5.41) is 6.43. The van der Waals surface area contributed by atoms with Gasteiger partial charge in [0.25, 0.3) is 0 Å². The molecule has 1 amide bonds. The fourth-order valence-electron chi connectivity index (χ4n) is 2.87. The molecule has 0 aromatic heterocycles. The van der Waals surface area contributed by atoms with Gasteiger partial charge in [-0.25, -0.2) is 0 Å². The van der Waals surface area contributed by atoms with Crippen LogP contribution >= 0.6 is 0 Å². The van der Waals surface area contributed by atoms with Gasteiger partial charge in [0, 0.05) is 31.2 Å². The zero-order valence-electron chi connectivity index (χ0n) is 14.4. The molecular formula is C18H28N2O3. The van der Waals surface area contributed by atoms with Crippen LogP contribution in [0, 0.1) is 12.8 Å². The summed E-state index contributed by atoms with van der Waals surface area (Å²) in [5.41, 5.74) is 2.14. The van der Waals surface area contributed by atoms with Crippen LogP contribution in [0.1, 0.15) is 30.9 Å². The van der Waals surface area contributed by atoms with E-state index in [2.05, 4.69) is 17.6 Å². The summed E-state index contributed by atoms with van der Waals surface area (Å²) in [6.07, 6.45) is 1.80. The van der Waals surface area contributed by atoms with E-state index in [0.717, 1.165) is 36.3 Å². The number of hydrogen-bond acceptors (Lipinski definition) is 4. The molecule has 1 fully saturated rings. The Bertz CT molecular complexity index is 519. The van der Waals surface area contributed by atoms with Crippen LogP contribution < -0.4 is 15.4 Å². The van der Waals surface area contributed by atoms with E-state index < -0.39 is 0 Å². The molecule has 128 valence electrons. The Labute approximate surface area is 138 Å². The Morgan fingerprint density at radius 1 is 1.39 bits per heavy atom. The average Bonchev–Trinajstić information content (AvgIpc) is 2.54. The van der Waals surface area contributed by atoms with Gasteiger partial charge in [-0.15, -0.1) is 0 Å². The zero-order chi connectivity index (χ0) is 16.7. The molecule has 0 bridgehead atoms. The van der Waals surface area contributed by atoms with Gasteiger partial charge >= 0.3 is 0 Å². The highest BCUT2D eigenvalue weighted by molar-refractivity contribution is 5.78. The van der Waals surface area contributed by atoms with Crippen LogP contribution in [-0.2, 0) is 16.1 Å². The third-order valence-corrected chi connectivity index (χ3v) is 4.22. The maximum Gasteiger partial charge on any atom is 0.223 e. The van der Waals surface area contributed by atoms with Crippen molar-refractivity contribution in [2.75, 3.05) is 26.9 Å². The summed E-state index contributed by atoms with van der Waals surface area (Å²) in [6, 6.07) is 6.47. The molecule has 2 N–H and O–H groups in total. The highest BCUT2D eigenvalue weighted by atomic mass is 16.5. The van der Waals surface area contributed by atoms with E-state index in [9.17, 15) is 4.79 Å². The smallest absolute Gasteiger partial charge is 0.223 e. The van der Waals surface area contributed by atoms with Gasteiger partial charge in [-0.3, -0.25) is 4.79 Å². The molecular weight excluding hydrogens is 292 g/mol. The molecule has 1 aromatic rings. The molecule has 0 spiro atoms. The first-order valence-electron chi connectivity index (χ1n) is 8.32. The summed E-state index contributed by atoms with van der Waals surface area (Å²) in [4.78, 5) is 12.4. The molecule has 1 aromatic carbocycles. The van der Waals surface area contributed by atoms with E-state index in [0.29, 0.717) is 25.8 Å². The predicted octanol–water partition coefficient (Wildman–Crippen LogP) is 2.02. The fourth-order valence-corrected chi connectivity index (χ4v) is 2.87. The molecule has 1 saturated heterocycles. The van der Waals surface area contributed by atoms with Gasteiger partial charge < -0.3 is 20.1 Å². The van der Waals surface area contributed by atoms with Crippen LogP contribution in [0.15, 0.2) is 18.2 Å². The number of nitrogens with one attached hydrogen (secondary N) is 2. The zero-order valence-corrected chi connectivity index (χ0v) is 14.4. The van der Waals surface area contributed by atoms with Crippen molar-refractivity contribution < 1.29 is 14.3 Å². The van der Waals surface area contributed by atoms with E-state index in [4.69, 9.17) is 9.47 Å². The van der Waals surface area contributed by atoms with Crippen LogP contribution in [-0.4, -0.2) is 38.8 Å². The number of amides is 1. The first kappa shape index (κ1) is 17.8. The summed E-state index contributed by atoms with van der Waals surface area (Å²) in [7, 11) is 1.65. The highest BCUT2D eigenvalue weighted by Crippen LogP contribution is 2.21. The number of carbonyl (C=O) groups excluding carboxylic acids is 1. The summed E-state index contributed by atoms with van der Waals surface area (Å²) < 4.78 is 10.8. The monoisotopic (exact) mass is 320 g/mol. The maximum absolute atomic E-state index is 12.4. The van der Waals surface area contributed by atoms with Crippen molar-refractivity contribution in [1.82, 2.24) is 10.6 Å². The van der Waals surface area contributed by atoms with Crippen LogP contribution in [0.25, 0.3) is 0 Å². The van der Waals surface area contributed by atoms with Crippen molar-refractivity contribution in [3.05, 3.63) is 29.3 Å². The molecule has 23 heavy (non-hydrogen) atoms. The van der Waals surface area contributed by atoms with E-state index >= 15 is 0 Å². The molecule has 0 unspecified atom stereocenters. The lowest BCUT2D eigenvalue weighted by Gasteiger charge is -2.27. The van der Waals surface area contributed by atoms with Crippen molar-refractivity contribution >= 4 is 5.91 Å². The van der Waals surface area contributed by atoms with Gasteiger partial charge in [-0.1, -0.05) is 12.1 Å². The fraction of sp³-hybridized carbons (Fsp3) is 0.611. The van der Waals surface area contributed by atoms with Gasteiger partial charge in [0.1, 0.15) is 12.4 Å². The van der Waals surface area contributed by atoms with Gasteiger partial charge in [-0.05, 0) is 44.9 Å². The lowest BCUT2D eigenvalue weighted by Crippen LogP contribution is -2.42. The second kappa shape index (κ2) is 8.89. The number of methoxy groups -OCH3 is 1. The molecule has 0 radical (unpaired) electrons. The molecule has 2 atom stereocenters. The normalized spacial score (nSPS) is 21.0. The third-order valence-electron chi connectivity index (χ3n) is 4.22.